The highest BCUT2D eigenvalue weighted by Gasteiger charge is 2.25. The van der Waals surface area contributed by atoms with E-state index < -0.39 is 0 Å². The van der Waals surface area contributed by atoms with Gasteiger partial charge in [-0.25, -0.2) is 0 Å². The highest BCUT2D eigenvalue weighted by molar-refractivity contribution is 5.97. The van der Waals surface area contributed by atoms with Gasteiger partial charge in [-0.1, -0.05) is 6.92 Å². The predicted molar refractivity (Wildman–Crippen MR) is 94.0 cm³/mol. The van der Waals surface area contributed by atoms with Gasteiger partial charge >= 0.3 is 0 Å². The normalized spacial score (nSPS) is 15.0. The summed E-state index contributed by atoms with van der Waals surface area (Å²) >= 11 is 0. The Hall–Kier alpha value is -1.46. The van der Waals surface area contributed by atoms with E-state index in [0.29, 0.717) is 23.0 Å². The molecule has 1 aliphatic heterocycles. The van der Waals surface area contributed by atoms with Crippen LogP contribution < -0.4 is 14.8 Å². The van der Waals surface area contributed by atoms with Gasteiger partial charge in [0.1, 0.15) is 11.5 Å². The van der Waals surface area contributed by atoms with Gasteiger partial charge in [0.2, 0.25) is 0 Å². The van der Waals surface area contributed by atoms with Crippen LogP contribution in [-0.2, 0) is 0 Å². The Morgan fingerprint density at radius 3 is 2.52 bits per heavy atom. The predicted octanol–water partition coefficient (Wildman–Crippen LogP) is 2.59. The summed E-state index contributed by atoms with van der Waals surface area (Å²) < 4.78 is 10.5. The summed E-state index contributed by atoms with van der Waals surface area (Å²) in [6.45, 7) is 5.76. The van der Waals surface area contributed by atoms with Gasteiger partial charge in [-0.2, -0.15) is 0 Å². The molecule has 1 aromatic rings. The first kappa shape index (κ1) is 19.6. The van der Waals surface area contributed by atoms with E-state index in [-0.39, 0.29) is 18.3 Å². The van der Waals surface area contributed by atoms with Crippen LogP contribution in [0.25, 0.3) is 0 Å². The van der Waals surface area contributed by atoms with E-state index in [1.54, 1.807) is 32.4 Å². The monoisotopic (exact) mass is 342 g/mol. The molecule has 5 nitrogen and oxygen atoms in total. The van der Waals surface area contributed by atoms with Crippen molar-refractivity contribution in [2.45, 2.75) is 19.8 Å². The molecule has 0 aromatic heterocycles. The quantitative estimate of drug-likeness (QED) is 0.863. The van der Waals surface area contributed by atoms with Crippen molar-refractivity contribution in [1.29, 1.82) is 0 Å². The van der Waals surface area contributed by atoms with Crippen LogP contribution in [0.1, 0.15) is 30.1 Å². The largest absolute Gasteiger partial charge is 0.497 e. The summed E-state index contributed by atoms with van der Waals surface area (Å²) in [5.74, 6) is 1.96. The number of halogens is 1. The van der Waals surface area contributed by atoms with E-state index in [2.05, 4.69) is 12.2 Å². The van der Waals surface area contributed by atoms with Crippen LogP contribution in [0.3, 0.4) is 0 Å². The van der Waals surface area contributed by atoms with Crippen molar-refractivity contribution in [3.8, 4) is 11.5 Å². The first-order valence-corrected chi connectivity index (χ1v) is 7.91. The van der Waals surface area contributed by atoms with Gasteiger partial charge in [0.05, 0.1) is 19.8 Å². The smallest absolute Gasteiger partial charge is 0.257 e. The molecule has 1 N–H and O–H groups in total. The number of nitrogens with zero attached hydrogens (tertiary/aromatic N) is 1. The van der Waals surface area contributed by atoms with Crippen molar-refractivity contribution in [2.75, 3.05) is 40.4 Å². The molecule has 0 unspecified atom stereocenters. The maximum Gasteiger partial charge on any atom is 0.257 e. The number of carbonyl (C=O) groups is 1. The minimum atomic E-state index is 0. The summed E-state index contributed by atoms with van der Waals surface area (Å²) in [6, 6.07) is 5.34. The SMILES string of the molecule is CCNCC1CCN(C(=O)c2cc(OC)ccc2OC)CC1.Cl. The molecular weight excluding hydrogens is 316 g/mol. The van der Waals surface area contributed by atoms with Gasteiger partial charge in [0.15, 0.2) is 0 Å². The number of ether oxygens (including phenoxy) is 2. The van der Waals surface area contributed by atoms with Crippen LogP contribution in [0, 0.1) is 5.92 Å². The third-order valence-corrected chi connectivity index (χ3v) is 4.22. The van der Waals surface area contributed by atoms with Gasteiger partial charge < -0.3 is 19.7 Å². The summed E-state index contributed by atoms with van der Waals surface area (Å²) in [5, 5.41) is 3.39. The maximum absolute atomic E-state index is 12.7. The fourth-order valence-corrected chi connectivity index (χ4v) is 2.84. The van der Waals surface area contributed by atoms with E-state index in [1.807, 2.05) is 4.90 Å². The van der Waals surface area contributed by atoms with Crippen molar-refractivity contribution in [2.24, 2.45) is 5.92 Å². The Morgan fingerprint density at radius 2 is 1.96 bits per heavy atom. The zero-order valence-electron chi connectivity index (χ0n) is 14.1. The molecule has 1 heterocycles. The number of benzene rings is 1. The first-order valence-electron chi connectivity index (χ1n) is 7.91. The molecule has 2 rings (SSSR count). The molecule has 0 saturated carbocycles. The lowest BCUT2D eigenvalue weighted by molar-refractivity contribution is 0.0686. The second-order valence-electron chi connectivity index (χ2n) is 5.61. The van der Waals surface area contributed by atoms with Gasteiger partial charge in [0, 0.05) is 13.1 Å². The highest BCUT2D eigenvalue weighted by atomic mass is 35.5. The van der Waals surface area contributed by atoms with Crippen LogP contribution in [0.15, 0.2) is 18.2 Å². The standard InChI is InChI=1S/C17H26N2O3.ClH/c1-4-18-12-13-7-9-19(10-8-13)17(20)15-11-14(21-2)5-6-16(15)22-3;/h5-6,11,13,18H,4,7-10,12H2,1-3H3;1H. The number of hydrogen-bond acceptors (Lipinski definition) is 4. The maximum atomic E-state index is 12.7. The minimum absolute atomic E-state index is 0. The third kappa shape index (κ3) is 5.01. The van der Waals surface area contributed by atoms with Gasteiger partial charge in [0.25, 0.3) is 5.91 Å². The van der Waals surface area contributed by atoms with E-state index in [4.69, 9.17) is 9.47 Å². The number of piperidine rings is 1. The molecule has 6 heteroatoms. The average molecular weight is 343 g/mol. The molecule has 0 aliphatic carbocycles. The van der Waals surface area contributed by atoms with Gasteiger partial charge in [-0.15, -0.1) is 12.4 Å². The number of amides is 1. The lowest BCUT2D eigenvalue weighted by Crippen LogP contribution is -2.40. The zero-order chi connectivity index (χ0) is 15.9. The molecule has 1 aromatic carbocycles. The highest BCUT2D eigenvalue weighted by Crippen LogP contribution is 2.27. The van der Waals surface area contributed by atoms with Crippen molar-refractivity contribution in [3.63, 3.8) is 0 Å². The van der Waals surface area contributed by atoms with Gasteiger partial charge in [-0.05, 0) is 50.0 Å². The summed E-state index contributed by atoms with van der Waals surface area (Å²) in [4.78, 5) is 14.7. The van der Waals surface area contributed by atoms with Crippen LogP contribution in [0.5, 0.6) is 11.5 Å². The third-order valence-electron chi connectivity index (χ3n) is 4.22. The van der Waals surface area contributed by atoms with Gasteiger partial charge in [-0.3, -0.25) is 4.79 Å². The summed E-state index contributed by atoms with van der Waals surface area (Å²) in [7, 11) is 3.18. The number of carbonyl (C=O) groups excluding carboxylic acids is 1. The molecule has 0 spiro atoms. The first-order chi connectivity index (χ1) is 10.7. The fraction of sp³-hybridized carbons (Fsp3) is 0.588. The Kier molecular flexibility index (Phi) is 8.20. The molecule has 1 saturated heterocycles. The van der Waals surface area contributed by atoms with E-state index >= 15 is 0 Å². The molecule has 0 atom stereocenters. The fourth-order valence-electron chi connectivity index (χ4n) is 2.84. The van der Waals surface area contributed by atoms with E-state index in [0.717, 1.165) is 39.0 Å². The van der Waals surface area contributed by atoms with Crippen molar-refractivity contribution in [1.82, 2.24) is 10.2 Å². The number of methoxy groups -OCH3 is 2. The van der Waals surface area contributed by atoms with Crippen LogP contribution in [-0.4, -0.2) is 51.2 Å². The topological polar surface area (TPSA) is 50.8 Å². The lowest BCUT2D eigenvalue weighted by atomic mass is 9.96. The van der Waals surface area contributed by atoms with E-state index in [9.17, 15) is 4.79 Å². The number of likely N-dealkylation sites (tertiary alicyclic amines) is 1. The molecular formula is C17H27ClN2O3. The minimum Gasteiger partial charge on any atom is -0.497 e. The average Bonchev–Trinajstić information content (AvgIpc) is 2.59. The van der Waals surface area contributed by atoms with Crippen LogP contribution in [0.4, 0.5) is 0 Å². The number of rotatable bonds is 6. The Balaban J connectivity index is 0.00000264. The second-order valence-corrected chi connectivity index (χ2v) is 5.61. The van der Waals surface area contributed by atoms with Crippen molar-refractivity contribution >= 4 is 18.3 Å². The van der Waals surface area contributed by atoms with Crippen LogP contribution >= 0.6 is 12.4 Å². The molecule has 1 fully saturated rings. The zero-order valence-corrected chi connectivity index (χ0v) is 14.9. The molecule has 1 amide bonds. The summed E-state index contributed by atoms with van der Waals surface area (Å²) in [6.07, 6.45) is 2.09. The number of hydrogen-bond donors (Lipinski definition) is 1. The van der Waals surface area contributed by atoms with Crippen molar-refractivity contribution in [3.05, 3.63) is 23.8 Å². The Morgan fingerprint density at radius 1 is 1.26 bits per heavy atom. The van der Waals surface area contributed by atoms with Crippen LogP contribution in [0.2, 0.25) is 0 Å². The Labute approximate surface area is 144 Å². The second kappa shape index (κ2) is 9.63. The Bertz CT molecular complexity index is 503. The van der Waals surface area contributed by atoms with E-state index in [1.165, 1.54) is 0 Å². The lowest BCUT2D eigenvalue weighted by Gasteiger charge is -2.32. The summed E-state index contributed by atoms with van der Waals surface area (Å²) in [5.41, 5.74) is 0.576. The number of nitrogens with one attached hydrogen (secondary N) is 1. The molecule has 0 bridgehead atoms. The van der Waals surface area contributed by atoms with Crippen molar-refractivity contribution < 1.29 is 14.3 Å². The molecule has 0 radical (unpaired) electrons. The molecule has 23 heavy (non-hydrogen) atoms. The molecule has 130 valence electrons. The molecule has 1 aliphatic rings.